The largest absolute Gasteiger partial charge is 0.480 e. The molecule has 0 amide bonds. The summed E-state index contributed by atoms with van der Waals surface area (Å²) < 4.78 is 11.0. The molecular formula is C25H35NO3S. The minimum Gasteiger partial charge on any atom is -0.480 e. The third kappa shape index (κ3) is 3.06. The van der Waals surface area contributed by atoms with Gasteiger partial charge in [0.15, 0.2) is 0 Å². The third-order valence-corrected chi connectivity index (χ3v) is 10.3. The SMILES string of the molecule is COc1csc([C@H]2CC[C@H]3[C@@H]4CC=C5C[C@@H](OC(C)=O)CC[C@]5(C)[C@H]4CC[C@]23C)n1. The molecule has 0 saturated heterocycles. The maximum atomic E-state index is 11.5. The van der Waals surface area contributed by atoms with Gasteiger partial charge >= 0.3 is 5.97 Å². The van der Waals surface area contributed by atoms with E-state index in [1.165, 1.54) is 44.0 Å². The average molecular weight is 430 g/mol. The molecule has 0 spiro atoms. The van der Waals surface area contributed by atoms with E-state index in [1.54, 1.807) is 24.0 Å². The molecule has 0 aromatic carbocycles. The first-order valence-corrected chi connectivity index (χ1v) is 12.6. The molecule has 5 rings (SSSR count). The zero-order valence-corrected chi connectivity index (χ0v) is 19.6. The third-order valence-electron chi connectivity index (χ3n) is 9.40. The van der Waals surface area contributed by atoms with Crippen molar-refractivity contribution in [3.05, 3.63) is 22.0 Å². The van der Waals surface area contributed by atoms with Crippen LogP contribution in [0.2, 0.25) is 0 Å². The fraction of sp³-hybridized carbons (Fsp3) is 0.760. The predicted octanol–water partition coefficient (Wildman–Crippen LogP) is 6.13. The molecule has 1 aromatic heterocycles. The summed E-state index contributed by atoms with van der Waals surface area (Å²) in [6, 6.07) is 0. The molecule has 3 saturated carbocycles. The predicted molar refractivity (Wildman–Crippen MR) is 119 cm³/mol. The molecule has 5 heteroatoms. The molecular weight excluding hydrogens is 394 g/mol. The highest BCUT2D eigenvalue weighted by Crippen LogP contribution is 2.68. The lowest BCUT2D eigenvalue weighted by Crippen LogP contribution is -2.50. The van der Waals surface area contributed by atoms with E-state index < -0.39 is 0 Å². The van der Waals surface area contributed by atoms with Crippen LogP contribution in [0.1, 0.15) is 83.1 Å². The molecule has 0 aliphatic heterocycles. The number of rotatable bonds is 3. The summed E-state index contributed by atoms with van der Waals surface area (Å²) in [6.07, 6.45) is 12.2. The van der Waals surface area contributed by atoms with E-state index in [4.69, 9.17) is 14.5 Å². The number of ether oxygens (including phenoxy) is 2. The van der Waals surface area contributed by atoms with Gasteiger partial charge in [-0.15, -0.1) is 11.3 Å². The molecule has 3 fully saturated rings. The molecule has 4 aliphatic carbocycles. The number of nitrogens with zero attached hydrogens (tertiary/aromatic N) is 1. The first-order valence-electron chi connectivity index (χ1n) is 11.7. The maximum absolute atomic E-state index is 11.5. The Morgan fingerprint density at radius 2 is 2.00 bits per heavy atom. The van der Waals surface area contributed by atoms with E-state index >= 15 is 0 Å². The number of carbonyl (C=O) groups is 1. The number of carbonyl (C=O) groups excluding carboxylic acids is 1. The van der Waals surface area contributed by atoms with Crippen LogP contribution in [0.3, 0.4) is 0 Å². The van der Waals surface area contributed by atoms with Crippen LogP contribution in [-0.2, 0) is 9.53 Å². The molecule has 30 heavy (non-hydrogen) atoms. The highest BCUT2D eigenvalue weighted by molar-refractivity contribution is 7.09. The van der Waals surface area contributed by atoms with Crippen LogP contribution in [0, 0.1) is 28.6 Å². The molecule has 164 valence electrons. The Bertz CT molecular complexity index is 862. The van der Waals surface area contributed by atoms with Gasteiger partial charge in [-0.25, -0.2) is 4.98 Å². The number of allylic oxidation sites excluding steroid dienone is 1. The second-order valence-corrected chi connectivity index (χ2v) is 11.5. The number of thiazole rings is 1. The van der Waals surface area contributed by atoms with E-state index in [9.17, 15) is 4.79 Å². The smallest absolute Gasteiger partial charge is 0.302 e. The van der Waals surface area contributed by atoms with Crippen molar-refractivity contribution in [1.29, 1.82) is 0 Å². The lowest BCUT2D eigenvalue weighted by molar-refractivity contribution is -0.148. The Kier molecular flexibility index (Phi) is 5.04. The summed E-state index contributed by atoms with van der Waals surface area (Å²) in [5.74, 6) is 3.57. The van der Waals surface area contributed by atoms with Gasteiger partial charge in [-0.3, -0.25) is 4.79 Å². The van der Waals surface area contributed by atoms with Gasteiger partial charge in [0.1, 0.15) is 11.1 Å². The van der Waals surface area contributed by atoms with Crippen LogP contribution in [0.5, 0.6) is 5.88 Å². The van der Waals surface area contributed by atoms with E-state index in [2.05, 4.69) is 25.3 Å². The Morgan fingerprint density at radius 3 is 2.73 bits per heavy atom. The monoisotopic (exact) mass is 429 g/mol. The molecule has 1 heterocycles. The second kappa shape index (κ2) is 7.36. The molecule has 0 N–H and O–H groups in total. The number of hydrogen-bond donors (Lipinski definition) is 0. The summed E-state index contributed by atoms with van der Waals surface area (Å²) in [4.78, 5) is 16.3. The molecule has 0 bridgehead atoms. The fourth-order valence-corrected chi connectivity index (χ4v) is 8.96. The van der Waals surface area contributed by atoms with Gasteiger partial charge in [-0.2, -0.15) is 0 Å². The van der Waals surface area contributed by atoms with E-state index in [1.807, 2.05) is 0 Å². The van der Waals surface area contributed by atoms with Crippen molar-refractivity contribution in [2.75, 3.05) is 7.11 Å². The summed E-state index contributed by atoms with van der Waals surface area (Å²) >= 11 is 1.79. The maximum Gasteiger partial charge on any atom is 0.302 e. The van der Waals surface area contributed by atoms with Gasteiger partial charge in [0.2, 0.25) is 5.88 Å². The standard InChI is InChI=1S/C25H35NO3S/c1-15(27)29-17-9-11-24(2)16(13-17)5-6-18-19-7-8-21(23-26-22(28-4)14-30-23)25(19,3)12-10-20(18)24/h5,14,17-21H,6-13H2,1-4H3/t17-,18-,19-,20-,21+,24-,25-/m0/s1. The van der Waals surface area contributed by atoms with Crippen molar-refractivity contribution in [2.24, 2.45) is 28.6 Å². The van der Waals surface area contributed by atoms with Crippen LogP contribution in [0.25, 0.3) is 0 Å². The van der Waals surface area contributed by atoms with Crippen molar-refractivity contribution < 1.29 is 14.3 Å². The highest BCUT2D eigenvalue weighted by atomic mass is 32.1. The Hall–Kier alpha value is -1.36. The van der Waals surface area contributed by atoms with Crippen molar-refractivity contribution in [1.82, 2.24) is 4.98 Å². The summed E-state index contributed by atoms with van der Waals surface area (Å²) in [5, 5.41) is 3.35. The first-order chi connectivity index (χ1) is 14.3. The fourth-order valence-electron chi connectivity index (χ4n) is 7.89. The number of aromatic nitrogens is 1. The van der Waals surface area contributed by atoms with Crippen molar-refractivity contribution in [3.63, 3.8) is 0 Å². The van der Waals surface area contributed by atoms with Crippen molar-refractivity contribution in [2.45, 2.75) is 84.2 Å². The van der Waals surface area contributed by atoms with Crippen LogP contribution in [-0.4, -0.2) is 24.2 Å². The van der Waals surface area contributed by atoms with Gasteiger partial charge in [-0.05, 0) is 73.5 Å². The lowest BCUT2D eigenvalue weighted by atomic mass is 9.47. The number of hydrogen-bond acceptors (Lipinski definition) is 5. The molecule has 4 aliphatic rings. The second-order valence-electron chi connectivity index (χ2n) is 10.6. The van der Waals surface area contributed by atoms with Crippen LogP contribution < -0.4 is 4.74 Å². The van der Waals surface area contributed by atoms with E-state index in [-0.39, 0.29) is 12.1 Å². The number of esters is 1. The lowest BCUT2D eigenvalue weighted by Gasteiger charge is -2.58. The quantitative estimate of drug-likeness (QED) is 0.428. The minimum atomic E-state index is -0.137. The number of methoxy groups -OCH3 is 1. The average Bonchev–Trinajstić information content (AvgIpc) is 3.31. The summed E-state index contributed by atoms with van der Waals surface area (Å²) in [5.41, 5.74) is 2.23. The molecule has 7 atom stereocenters. The Morgan fingerprint density at radius 1 is 1.17 bits per heavy atom. The topological polar surface area (TPSA) is 48.4 Å². The van der Waals surface area contributed by atoms with Crippen LogP contribution >= 0.6 is 11.3 Å². The van der Waals surface area contributed by atoms with Crippen molar-refractivity contribution >= 4 is 17.3 Å². The normalized spacial score (nSPS) is 42.5. The van der Waals surface area contributed by atoms with E-state index in [0.717, 1.165) is 42.9 Å². The van der Waals surface area contributed by atoms with Crippen LogP contribution in [0.15, 0.2) is 17.0 Å². The van der Waals surface area contributed by atoms with Gasteiger partial charge in [0.25, 0.3) is 0 Å². The Labute approximate surface area is 184 Å². The van der Waals surface area contributed by atoms with Gasteiger partial charge in [-0.1, -0.05) is 25.5 Å². The molecule has 0 radical (unpaired) electrons. The summed E-state index contributed by atoms with van der Waals surface area (Å²) in [6.45, 7) is 6.61. The zero-order valence-electron chi connectivity index (χ0n) is 18.8. The van der Waals surface area contributed by atoms with Crippen molar-refractivity contribution in [3.8, 4) is 5.88 Å². The minimum absolute atomic E-state index is 0.0861. The van der Waals surface area contributed by atoms with Crippen LogP contribution in [0.4, 0.5) is 0 Å². The van der Waals surface area contributed by atoms with Gasteiger partial charge in [0, 0.05) is 19.3 Å². The molecule has 4 nitrogen and oxygen atoms in total. The highest BCUT2D eigenvalue weighted by Gasteiger charge is 2.59. The molecule has 0 unspecified atom stereocenters. The summed E-state index contributed by atoms with van der Waals surface area (Å²) in [7, 11) is 1.71. The number of fused-ring (bicyclic) bond motifs is 5. The van der Waals surface area contributed by atoms with E-state index in [0.29, 0.717) is 16.7 Å². The Balaban J connectivity index is 1.39. The zero-order chi connectivity index (χ0) is 21.1. The van der Waals surface area contributed by atoms with Gasteiger partial charge < -0.3 is 9.47 Å². The first kappa shape index (κ1) is 20.5. The van der Waals surface area contributed by atoms with Gasteiger partial charge in [0.05, 0.1) is 12.5 Å². The molecule has 1 aromatic rings.